The zero-order valence-electron chi connectivity index (χ0n) is 11.6. The van der Waals surface area contributed by atoms with Gasteiger partial charge in [-0.2, -0.15) is 0 Å². The third kappa shape index (κ3) is 4.66. The van der Waals surface area contributed by atoms with E-state index in [1.54, 1.807) is 0 Å². The molecule has 3 heteroatoms. The first-order valence-electron chi connectivity index (χ1n) is 7.09. The van der Waals surface area contributed by atoms with Crippen LogP contribution in [0.25, 0.3) is 0 Å². The lowest BCUT2D eigenvalue weighted by atomic mass is 9.83. The van der Waals surface area contributed by atoms with Crippen molar-refractivity contribution in [1.29, 1.82) is 0 Å². The maximum atomic E-state index is 12.0. The van der Waals surface area contributed by atoms with Crippen molar-refractivity contribution in [3.8, 4) is 0 Å². The molecule has 3 nitrogen and oxygen atoms in total. The fourth-order valence-corrected chi connectivity index (χ4v) is 2.90. The van der Waals surface area contributed by atoms with E-state index in [0.29, 0.717) is 30.3 Å². The van der Waals surface area contributed by atoms with E-state index in [9.17, 15) is 4.79 Å². The van der Waals surface area contributed by atoms with E-state index in [1.807, 2.05) is 4.90 Å². The van der Waals surface area contributed by atoms with Gasteiger partial charge >= 0.3 is 0 Å². The van der Waals surface area contributed by atoms with Gasteiger partial charge in [-0.05, 0) is 46.0 Å². The van der Waals surface area contributed by atoms with Crippen molar-refractivity contribution < 1.29 is 4.79 Å². The number of hydrogen-bond acceptors (Lipinski definition) is 2. The highest BCUT2D eigenvalue weighted by atomic mass is 16.2. The molecule has 1 fully saturated rings. The van der Waals surface area contributed by atoms with Crippen LogP contribution in [0.5, 0.6) is 0 Å². The predicted octanol–water partition coefficient (Wildman–Crippen LogP) is 2.54. The van der Waals surface area contributed by atoms with Gasteiger partial charge in [0.05, 0.1) is 0 Å². The molecule has 2 unspecified atom stereocenters. The molecule has 1 aliphatic carbocycles. The Hall–Kier alpha value is -0.570. The van der Waals surface area contributed by atoms with Crippen LogP contribution in [0, 0.1) is 5.92 Å². The van der Waals surface area contributed by atoms with Crippen LogP contribution in [0.4, 0.5) is 0 Å². The molecule has 2 atom stereocenters. The summed E-state index contributed by atoms with van der Waals surface area (Å²) in [6.07, 6.45) is 6.49. The summed E-state index contributed by atoms with van der Waals surface area (Å²) in [4.78, 5) is 14.0. The highest BCUT2D eigenvalue weighted by Gasteiger charge is 2.21. The van der Waals surface area contributed by atoms with Gasteiger partial charge in [0.25, 0.3) is 0 Å². The van der Waals surface area contributed by atoms with Crippen molar-refractivity contribution in [3.63, 3.8) is 0 Å². The second-order valence-electron chi connectivity index (χ2n) is 5.60. The molecule has 2 N–H and O–H groups in total. The van der Waals surface area contributed by atoms with E-state index in [2.05, 4.69) is 20.8 Å². The number of hydrogen-bond donors (Lipinski definition) is 1. The molecule has 17 heavy (non-hydrogen) atoms. The summed E-state index contributed by atoms with van der Waals surface area (Å²) >= 11 is 0. The highest BCUT2D eigenvalue weighted by molar-refractivity contribution is 5.76. The summed E-state index contributed by atoms with van der Waals surface area (Å²) in [5.74, 6) is 0.982. The maximum Gasteiger partial charge on any atom is 0.222 e. The molecule has 0 aromatic carbocycles. The van der Waals surface area contributed by atoms with Gasteiger partial charge in [0.2, 0.25) is 5.91 Å². The number of carbonyl (C=O) groups excluding carboxylic acids is 1. The van der Waals surface area contributed by atoms with Gasteiger partial charge in [0.15, 0.2) is 0 Å². The minimum atomic E-state index is 0.307. The number of rotatable bonds is 5. The van der Waals surface area contributed by atoms with Crippen molar-refractivity contribution >= 4 is 5.91 Å². The van der Waals surface area contributed by atoms with Gasteiger partial charge in [-0.25, -0.2) is 0 Å². The van der Waals surface area contributed by atoms with Gasteiger partial charge in [0, 0.05) is 25.0 Å². The molecule has 0 bridgehead atoms. The van der Waals surface area contributed by atoms with Crippen molar-refractivity contribution in [2.45, 2.75) is 71.4 Å². The normalized spacial score (nSPS) is 25.0. The number of nitrogens with zero attached hydrogens (tertiary/aromatic N) is 1. The quantitative estimate of drug-likeness (QED) is 0.802. The van der Waals surface area contributed by atoms with Gasteiger partial charge < -0.3 is 10.6 Å². The fourth-order valence-electron chi connectivity index (χ4n) is 2.90. The summed E-state index contributed by atoms with van der Waals surface area (Å²) in [6.45, 7) is 7.03. The standard InChI is InChI=1S/C14H28N2O/c1-4-16(11(2)3)14(17)9-8-12-6-5-7-13(15)10-12/h11-13H,4-10,15H2,1-3H3. The van der Waals surface area contributed by atoms with E-state index in [1.165, 1.54) is 12.8 Å². The van der Waals surface area contributed by atoms with Crippen LogP contribution in [0.3, 0.4) is 0 Å². The minimum Gasteiger partial charge on any atom is -0.341 e. The fraction of sp³-hybridized carbons (Fsp3) is 0.929. The molecule has 0 aromatic rings. The van der Waals surface area contributed by atoms with E-state index in [4.69, 9.17) is 5.73 Å². The van der Waals surface area contributed by atoms with Gasteiger partial charge in [-0.15, -0.1) is 0 Å². The molecule has 1 amide bonds. The van der Waals surface area contributed by atoms with Crippen LogP contribution in [-0.2, 0) is 4.79 Å². The van der Waals surface area contributed by atoms with E-state index < -0.39 is 0 Å². The average molecular weight is 240 g/mol. The summed E-state index contributed by atoms with van der Waals surface area (Å²) in [5, 5.41) is 0. The summed E-state index contributed by atoms with van der Waals surface area (Å²) in [7, 11) is 0. The molecule has 0 aromatic heterocycles. The first kappa shape index (κ1) is 14.5. The molecule has 1 rings (SSSR count). The molecular formula is C14H28N2O. The molecule has 1 saturated carbocycles. The van der Waals surface area contributed by atoms with E-state index >= 15 is 0 Å². The number of nitrogens with two attached hydrogens (primary N) is 1. The molecular weight excluding hydrogens is 212 g/mol. The zero-order valence-corrected chi connectivity index (χ0v) is 11.6. The van der Waals surface area contributed by atoms with Crippen molar-refractivity contribution in [3.05, 3.63) is 0 Å². The SMILES string of the molecule is CCN(C(=O)CCC1CCCC(N)C1)C(C)C. The second kappa shape index (κ2) is 7.00. The van der Waals surface area contributed by atoms with Crippen LogP contribution in [0.2, 0.25) is 0 Å². The minimum absolute atomic E-state index is 0.307. The van der Waals surface area contributed by atoms with Crippen molar-refractivity contribution in [1.82, 2.24) is 4.90 Å². The molecule has 0 heterocycles. The molecule has 1 aliphatic rings. The van der Waals surface area contributed by atoms with Crippen LogP contribution in [0.15, 0.2) is 0 Å². The smallest absolute Gasteiger partial charge is 0.222 e. The first-order valence-corrected chi connectivity index (χ1v) is 7.09. The Kier molecular flexibility index (Phi) is 5.96. The third-order valence-corrected chi connectivity index (χ3v) is 3.87. The lowest BCUT2D eigenvalue weighted by Crippen LogP contribution is -2.37. The molecule has 0 spiro atoms. The Morgan fingerprint density at radius 3 is 2.65 bits per heavy atom. The van der Waals surface area contributed by atoms with Crippen LogP contribution >= 0.6 is 0 Å². The van der Waals surface area contributed by atoms with Crippen LogP contribution in [0.1, 0.15) is 59.3 Å². The Bertz CT molecular complexity index is 240. The predicted molar refractivity (Wildman–Crippen MR) is 71.7 cm³/mol. The van der Waals surface area contributed by atoms with Gasteiger partial charge in [-0.3, -0.25) is 4.79 Å². The largest absolute Gasteiger partial charge is 0.341 e. The Balaban J connectivity index is 2.31. The van der Waals surface area contributed by atoms with Crippen molar-refractivity contribution in [2.75, 3.05) is 6.54 Å². The number of amides is 1. The Morgan fingerprint density at radius 2 is 2.12 bits per heavy atom. The average Bonchev–Trinajstić information content (AvgIpc) is 2.27. The summed E-state index contributed by atoms with van der Waals surface area (Å²) < 4.78 is 0. The summed E-state index contributed by atoms with van der Waals surface area (Å²) in [5.41, 5.74) is 5.97. The maximum absolute atomic E-state index is 12.0. The lowest BCUT2D eigenvalue weighted by molar-refractivity contribution is -0.133. The second-order valence-corrected chi connectivity index (χ2v) is 5.60. The Labute approximate surface area is 106 Å². The van der Waals surface area contributed by atoms with Gasteiger partial charge in [0.1, 0.15) is 0 Å². The highest BCUT2D eigenvalue weighted by Crippen LogP contribution is 2.27. The summed E-state index contributed by atoms with van der Waals surface area (Å²) in [6, 6.07) is 0.692. The van der Waals surface area contributed by atoms with Crippen LogP contribution < -0.4 is 5.73 Å². The van der Waals surface area contributed by atoms with E-state index in [0.717, 1.165) is 25.8 Å². The topological polar surface area (TPSA) is 46.3 Å². The number of carbonyl (C=O) groups is 1. The lowest BCUT2D eigenvalue weighted by Gasteiger charge is -2.29. The first-order chi connectivity index (χ1) is 8.04. The zero-order chi connectivity index (χ0) is 12.8. The molecule has 0 radical (unpaired) electrons. The molecule has 0 aliphatic heterocycles. The molecule has 100 valence electrons. The van der Waals surface area contributed by atoms with Crippen LogP contribution in [-0.4, -0.2) is 29.4 Å². The Morgan fingerprint density at radius 1 is 1.41 bits per heavy atom. The van der Waals surface area contributed by atoms with E-state index in [-0.39, 0.29) is 0 Å². The monoisotopic (exact) mass is 240 g/mol. The molecule has 0 saturated heterocycles. The van der Waals surface area contributed by atoms with Gasteiger partial charge in [-0.1, -0.05) is 12.8 Å². The third-order valence-electron chi connectivity index (χ3n) is 3.87. The van der Waals surface area contributed by atoms with Crippen molar-refractivity contribution in [2.24, 2.45) is 11.7 Å².